The number of nitrogens with one attached hydrogen (secondary N) is 1. The summed E-state index contributed by atoms with van der Waals surface area (Å²) >= 11 is 0. The Labute approximate surface area is 174 Å². The molecule has 0 unspecified atom stereocenters. The van der Waals surface area contributed by atoms with Crippen molar-refractivity contribution in [2.75, 3.05) is 7.11 Å². The van der Waals surface area contributed by atoms with Gasteiger partial charge >= 0.3 is 0 Å². The van der Waals surface area contributed by atoms with E-state index in [1.54, 1.807) is 25.7 Å². The number of aromatic amines is 1. The number of carbonyl (C=O) groups excluding carboxylic acids is 1. The lowest BCUT2D eigenvalue weighted by atomic mass is 9.97. The van der Waals surface area contributed by atoms with E-state index in [-0.39, 0.29) is 5.78 Å². The highest BCUT2D eigenvalue weighted by molar-refractivity contribution is 6.00. The van der Waals surface area contributed by atoms with E-state index in [9.17, 15) is 4.79 Å². The molecule has 30 heavy (non-hydrogen) atoms. The number of Topliss-reactive ketones (excluding diaryl/α,β-unsaturated/α-hetero) is 1. The molecule has 0 saturated carbocycles. The van der Waals surface area contributed by atoms with Gasteiger partial charge in [0.05, 0.1) is 19.0 Å². The maximum absolute atomic E-state index is 13.0. The first-order chi connectivity index (χ1) is 14.5. The molecule has 0 radical (unpaired) electrons. The van der Waals surface area contributed by atoms with Gasteiger partial charge in [-0.1, -0.05) is 24.3 Å². The van der Waals surface area contributed by atoms with Gasteiger partial charge < -0.3 is 9.72 Å². The number of hydrogen-bond acceptors (Lipinski definition) is 3. The molecule has 5 N–H and O–H groups in total. The normalized spacial score (nSPS) is 10.8. The maximum Gasteiger partial charge on any atom is 0.270 e. The Morgan fingerprint density at radius 3 is 2.57 bits per heavy atom. The van der Waals surface area contributed by atoms with Crippen molar-refractivity contribution in [3.63, 3.8) is 0 Å². The van der Waals surface area contributed by atoms with Gasteiger partial charge in [0.2, 0.25) is 0 Å². The Balaban J connectivity index is 1.58. The Bertz CT molecular complexity index is 1230. The van der Waals surface area contributed by atoms with Crippen LogP contribution in [0.15, 0.2) is 67.1 Å². The van der Waals surface area contributed by atoms with Crippen molar-refractivity contribution in [2.24, 2.45) is 5.73 Å². The second kappa shape index (κ2) is 8.21. The summed E-state index contributed by atoms with van der Waals surface area (Å²) in [7, 11) is 1.60. The van der Waals surface area contributed by atoms with E-state index in [0.717, 1.165) is 33.2 Å². The molecule has 0 bridgehead atoms. The first-order valence-electron chi connectivity index (χ1n) is 9.61. The highest BCUT2D eigenvalue weighted by Crippen LogP contribution is 2.22. The monoisotopic (exact) mass is 399 g/mol. The number of fused-ring (bicyclic) bond motifs is 1. The number of nitrogens with two attached hydrogens (primary N) is 2. The predicted octanol–water partition coefficient (Wildman–Crippen LogP) is 2.05. The molecule has 0 aliphatic carbocycles. The van der Waals surface area contributed by atoms with Crippen molar-refractivity contribution < 1.29 is 14.9 Å². The molecule has 0 fully saturated rings. The first-order valence-corrected chi connectivity index (χ1v) is 9.61. The number of ether oxygens (including phenoxy) is 1. The van der Waals surface area contributed by atoms with Crippen LogP contribution < -0.4 is 15.9 Å². The van der Waals surface area contributed by atoms with Gasteiger partial charge in [0.15, 0.2) is 5.78 Å². The molecule has 1 heterocycles. The fourth-order valence-corrected chi connectivity index (χ4v) is 3.52. The number of methoxy groups -OCH3 is 1. The Morgan fingerprint density at radius 2 is 1.83 bits per heavy atom. The smallest absolute Gasteiger partial charge is 0.270 e. The van der Waals surface area contributed by atoms with Crippen LogP contribution in [-0.2, 0) is 12.8 Å². The van der Waals surface area contributed by atoms with Crippen molar-refractivity contribution in [2.45, 2.75) is 12.8 Å². The number of amidine groups is 1. The first kappa shape index (κ1) is 19.4. The molecule has 0 aliphatic rings. The van der Waals surface area contributed by atoms with Gasteiger partial charge in [-0.05, 0) is 52.2 Å². The fraction of sp³-hybridized carbons (Fsp3) is 0.125. The van der Waals surface area contributed by atoms with Gasteiger partial charge in [-0.15, -0.1) is 0 Å². The van der Waals surface area contributed by atoms with Crippen molar-refractivity contribution >= 4 is 22.4 Å². The third-order valence-corrected chi connectivity index (χ3v) is 5.08. The molecule has 1 aromatic heterocycles. The molecule has 150 valence electrons. The third-order valence-electron chi connectivity index (χ3n) is 5.08. The summed E-state index contributed by atoms with van der Waals surface area (Å²) in [5.74, 6) is 0.993. The zero-order valence-electron chi connectivity index (χ0n) is 16.7. The number of carbonyl (C=O) groups is 1. The number of nitrogens with zero attached hydrogens (tertiary/aromatic N) is 1. The molecule has 0 aliphatic heterocycles. The quantitative estimate of drug-likeness (QED) is 0.251. The highest BCUT2D eigenvalue weighted by Gasteiger charge is 2.12. The summed E-state index contributed by atoms with van der Waals surface area (Å²) in [6.45, 7) is 0. The van der Waals surface area contributed by atoms with Gasteiger partial charge in [-0.2, -0.15) is 0 Å². The van der Waals surface area contributed by atoms with Crippen LogP contribution in [0, 0.1) is 0 Å². The molecule has 3 aromatic carbocycles. The van der Waals surface area contributed by atoms with E-state index in [1.807, 2.05) is 48.5 Å². The minimum absolute atomic E-state index is 0.0373. The average molecular weight is 399 g/mol. The minimum Gasteiger partial charge on any atom is -0.497 e. The van der Waals surface area contributed by atoms with Crippen molar-refractivity contribution in [1.82, 2.24) is 9.97 Å². The van der Waals surface area contributed by atoms with Gasteiger partial charge in [-0.25, -0.2) is 4.98 Å². The van der Waals surface area contributed by atoms with Gasteiger partial charge in [0.25, 0.3) is 5.84 Å². The standard InChI is InChI=1S/C24H22N4O2/c1-30-22-9-16(8-21-13-27-14-28-21)7-20(12-22)23(29)10-15-2-3-18-11-19(24(25)26)5-4-17(18)6-15/h2-7,9,11-14H,8,10H2,1H3,(H3,25,26)(H,27,28)/p+1. The lowest BCUT2D eigenvalue weighted by molar-refractivity contribution is -0.114. The number of H-pyrrole nitrogens is 1. The van der Waals surface area contributed by atoms with Crippen molar-refractivity contribution in [3.05, 3.63) is 95.1 Å². The fourth-order valence-electron chi connectivity index (χ4n) is 3.52. The number of benzene rings is 3. The van der Waals surface area contributed by atoms with E-state index in [1.165, 1.54) is 0 Å². The maximum atomic E-state index is 13.0. The molecule has 4 rings (SSSR count). The molecule has 0 saturated heterocycles. The highest BCUT2D eigenvalue weighted by atomic mass is 16.5. The van der Waals surface area contributed by atoms with E-state index in [4.69, 9.17) is 15.9 Å². The van der Waals surface area contributed by atoms with E-state index in [2.05, 4.69) is 9.97 Å². The SMILES string of the molecule is COc1cc(Cc2cnc[nH]2)cc(C(=O)Cc2ccc3cc(C(N)=[NH2+])ccc3c2)c1. The van der Waals surface area contributed by atoms with Gasteiger partial charge in [0, 0.05) is 30.3 Å². The Morgan fingerprint density at radius 1 is 1.03 bits per heavy atom. The zero-order chi connectivity index (χ0) is 21.1. The molecular weight excluding hydrogens is 376 g/mol. The number of ketones is 1. The molecule has 6 heteroatoms. The van der Waals surface area contributed by atoms with Crippen LogP contribution in [0.5, 0.6) is 5.75 Å². The van der Waals surface area contributed by atoms with Gasteiger partial charge in [-0.3, -0.25) is 15.9 Å². The molecular formula is C24H23N4O2+. The van der Waals surface area contributed by atoms with Crippen molar-refractivity contribution in [3.8, 4) is 5.75 Å². The zero-order valence-corrected chi connectivity index (χ0v) is 16.7. The number of rotatable bonds is 7. The molecule has 0 amide bonds. The summed E-state index contributed by atoms with van der Waals surface area (Å²) in [6.07, 6.45) is 4.37. The van der Waals surface area contributed by atoms with Crippen LogP contribution in [0.4, 0.5) is 0 Å². The van der Waals surface area contributed by atoms with E-state index < -0.39 is 0 Å². The summed E-state index contributed by atoms with van der Waals surface area (Å²) in [6, 6.07) is 17.4. The summed E-state index contributed by atoms with van der Waals surface area (Å²) in [4.78, 5) is 20.1. The van der Waals surface area contributed by atoms with Crippen LogP contribution >= 0.6 is 0 Å². The van der Waals surface area contributed by atoms with Crippen LogP contribution in [0.3, 0.4) is 0 Å². The van der Waals surface area contributed by atoms with E-state index in [0.29, 0.717) is 30.0 Å². The lowest BCUT2D eigenvalue weighted by Gasteiger charge is -2.09. The number of hydrogen-bond donors (Lipinski definition) is 3. The number of imidazole rings is 1. The molecule has 0 atom stereocenters. The van der Waals surface area contributed by atoms with E-state index >= 15 is 0 Å². The van der Waals surface area contributed by atoms with Crippen molar-refractivity contribution in [1.29, 1.82) is 0 Å². The van der Waals surface area contributed by atoms with Gasteiger partial charge in [0.1, 0.15) is 5.75 Å². The van der Waals surface area contributed by atoms with Crippen LogP contribution in [0.2, 0.25) is 0 Å². The topological polar surface area (TPSA) is 107 Å². The average Bonchev–Trinajstić information content (AvgIpc) is 3.26. The summed E-state index contributed by atoms with van der Waals surface area (Å²) in [5.41, 5.74) is 10.0. The lowest BCUT2D eigenvalue weighted by Crippen LogP contribution is -2.46. The third kappa shape index (κ3) is 4.22. The van der Waals surface area contributed by atoms with Crippen LogP contribution in [0.25, 0.3) is 10.8 Å². The Kier molecular flexibility index (Phi) is 5.30. The minimum atomic E-state index is 0.0373. The summed E-state index contributed by atoms with van der Waals surface area (Å²) in [5, 5.41) is 7.74. The Hall–Kier alpha value is -3.93. The summed E-state index contributed by atoms with van der Waals surface area (Å²) < 4.78 is 5.40. The second-order valence-electron chi connectivity index (χ2n) is 7.27. The van der Waals surface area contributed by atoms with Crippen LogP contribution in [0.1, 0.15) is 32.7 Å². The largest absolute Gasteiger partial charge is 0.497 e. The number of aromatic nitrogens is 2. The molecule has 4 aromatic rings. The second-order valence-corrected chi connectivity index (χ2v) is 7.27. The predicted molar refractivity (Wildman–Crippen MR) is 117 cm³/mol. The molecule has 6 nitrogen and oxygen atoms in total. The van der Waals surface area contributed by atoms with Crippen LogP contribution in [-0.4, -0.2) is 28.7 Å². The molecule has 0 spiro atoms.